The van der Waals surface area contributed by atoms with E-state index in [-0.39, 0.29) is 16.3 Å². The van der Waals surface area contributed by atoms with E-state index >= 15 is 0 Å². The molecule has 0 radical (unpaired) electrons. The summed E-state index contributed by atoms with van der Waals surface area (Å²) in [6.45, 7) is -3.12. The molecule has 0 saturated carbocycles. The van der Waals surface area contributed by atoms with Gasteiger partial charge in [-0.25, -0.2) is 4.39 Å². The van der Waals surface area contributed by atoms with Crippen LogP contribution >= 0.6 is 15.9 Å². The summed E-state index contributed by atoms with van der Waals surface area (Å²) in [5.74, 6) is -1.75. The highest BCUT2D eigenvalue weighted by atomic mass is 79.9. The van der Waals surface area contributed by atoms with Gasteiger partial charge in [-0.3, -0.25) is 4.79 Å². The maximum Gasteiger partial charge on any atom is 0.387 e. The van der Waals surface area contributed by atoms with E-state index in [0.29, 0.717) is 0 Å². The van der Waals surface area contributed by atoms with Crippen LogP contribution in [-0.2, 0) is 0 Å². The second-order valence-corrected chi connectivity index (χ2v) is 3.12. The molecular formula is C8H4BrF3O2. The van der Waals surface area contributed by atoms with Gasteiger partial charge in [-0.15, -0.1) is 0 Å². The Balaban J connectivity index is 3.14. The van der Waals surface area contributed by atoms with Crippen molar-refractivity contribution >= 4 is 22.2 Å². The van der Waals surface area contributed by atoms with Crippen LogP contribution in [0, 0.1) is 5.82 Å². The summed E-state index contributed by atoms with van der Waals surface area (Å²) in [7, 11) is 0. The molecule has 0 fully saturated rings. The van der Waals surface area contributed by atoms with Gasteiger partial charge < -0.3 is 4.74 Å². The molecule has 0 aliphatic carbocycles. The molecule has 2 nitrogen and oxygen atoms in total. The Kier molecular flexibility index (Phi) is 3.51. The number of alkyl halides is 2. The maximum atomic E-state index is 13.2. The van der Waals surface area contributed by atoms with Crippen LogP contribution in [0.15, 0.2) is 16.6 Å². The number of ether oxygens (including phenoxy) is 1. The first-order valence-electron chi connectivity index (χ1n) is 3.44. The Hall–Kier alpha value is -1.04. The number of aldehydes is 1. The lowest BCUT2D eigenvalue weighted by atomic mass is 10.2. The van der Waals surface area contributed by atoms with Gasteiger partial charge in [-0.05, 0) is 28.1 Å². The minimum atomic E-state index is -3.12. The van der Waals surface area contributed by atoms with Crippen molar-refractivity contribution in [3.05, 3.63) is 28.0 Å². The van der Waals surface area contributed by atoms with Gasteiger partial charge in [0.2, 0.25) is 0 Å². The molecule has 0 spiro atoms. The quantitative estimate of drug-likeness (QED) is 0.788. The summed E-state index contributed by atoms with van der Waals surface area (Å²) < 4.78 is 40.7. The third kappa shape index (κ3) is 2.25. The molecule has 0 bridgehead atoms. The van der Waals surface area contributed by atoms with E-state index in [0.717, 1.165) is 6.07 Å². The molecule has 6 heteroatoms. The summed E-state index contributed by atoms with van der Waals surface area (Å²) in [5, 5.41) is 0. The van der Waals surface area contributed by atoms with Crippen LogP contribution in [0.1, 0.15) is 10.4 Å². The molecule has 0 atom stereocenters. The number of hydrogen-bond acceptors (Lipinski definition) is 2. The molecule has 0 heterocycles. The first-order chi connectivity index (χ1) is 6.56. The number of benzene rings is 1. The average Bonchev–Trinajstić information content (AvgIpc) is 2.10. The number of carbonyl (C=O) groups is 1. The largest absolute Gasteiger partial charge is 0.432 e. The summed E-state index contributed by atoms with van der Waals surface area (Å²) in [4.78, 5) is 10.4. The van der Waals surface area contributed by atoms with Gasteiger partial charge in [0, 0.05) is 4.47 Å². The van der Waals surface area contributed by atoms with Gasteiger partial charge in [0.1, 0.15) is 0 Å². The summed E-state index contributed by atoms with van der Waals surface area (Å²) in [5.41, 5.74) is -0.344. The van der Waals surface area contributed by atoms with E-state index in [2.05, 4.69) is 20.7 Å². The summed E-state index contributed by atoms with van der Waals surface area (Å²) >= 11 is 2.89. The first-order valence-corrected chi connectivity index (χ1v) is 4.23. The van der Waals surface area contributed by atoms with Gasteiger partial charge in [-0.1, -0.05) is 0 Å². The topological polar surface area (TPSA) is 26.3 Å². The van der Waals surface area contributed by atoms with Crippen LogP contribution in [0.25, 0.3) is 0 Å². The molecule has 0 saturated heterocycles. The number of carbonyl (C=O) groups excluding carboxylic acids is 1. The lowest BCUT2D eigenvalue weighted by Gasteiger charge is -2.07. The Bertz CT molecular complexity index is 355. The SMILES string of the molecule is O=Cc1c(Br)ccc(OC(F)F)c1F. The average molecular weight is 269 g/mol. The molecule has 1 aromatic rings. The zero-order chi connectivity index (χ0) is 10.7. The fourth-order valence-corrected chi connectivity index (χ4v) is 1.24. The second-order valence-electron chi connectivity index (χ2n) is 2.27. The van der Waals surface area contributed by atoms with E-state index in [9.17, 15) is 18.0 Å². The molecule has 0 aliphatic rings. The van der Waals surface area contributed by atoms with Crippen LogP contribution in [0.4, 0.5) is 13.2 Å². The van der Waals surface area contributed by atoms with Crippen molar-refractivity contribution in [1.29, 1.82) is 0 Å². The number of halogens is 4. The molecule has 0 aliphatic heterocycles. The zero-order valence-electron chi connectivity index (χ0n) is 6.64. The van der Waals surface area contributed by atoms with Gasteiger partial charge in [0.15, 0.2) is 17.9 Å². The predicted molar refractivity (Wildman–Crippen MR) is 46.1 cm³/mol. The highest BCUT2D eigenvalue weighted by Crippen LogP contribution is 2.27. The third-order valence-corrected chi connectivity index (χ3v) is 2.12. The van der Waals surface area contributed by atoms with E-state index in [1.807, 2.05) is 0 Å². The second kappa shape index (κ2) is 4.45. The molecule has 0 aromatic heterocycles. The highest BCUT2D eigenvalue weighted by molar-refractivity contribution is 9.10. The van der Waals surface area contributed by atoms with Gasteiger partial charge >= 0.3 is 6.61 Å². The minimum absolute atomic E-state index is 0.187. The van der Waals surface area contributed by atoms with Crippen molar-refractivity contribution < 1.29 is 22.7 Å². The number of rotatable bonds is 3. The zero-order valence-corrected chi connectivity index (χ0v) is 8.22. The molecule has 1 rings (SSSR count). The van der Waals surface area contributed by atoms with Gasteiger partial charge in [-0.2, -0.15) is 8.78 Å². The summed E-state index contributed by atoms with van der Waals surface area (Å²) in [6.07, 6.45) is 0.220. The lowest BCUT2D eigenvalue weighted by molar-refractivity contribution is -0.0522. The van der Waals surface area contributed by atoms with Crippen molar-refractivity contribution in [2.45, 2.75) is 6.61 Å². The predicted octanol–water partition coefficient (Wildman–Crippen LogP) is 3.00. The Labute approximate surface area is 85.8 Å². The fraction of sp³-hybridized carbons (Fsp3) is 0.125. The monoisotopic (exact) mass is 268 g/mol. The number of hydrogen-bond donors (Lipinski definition) is 0. The molecule has 1 aromatic carbocycles. The Morgan fingerprint density at radius 3 is 2.57 bits per heavy atom. The summed E-state index contributed by atoms with van der Waals surface area (Å²) in [6, 6.07) is 2.27. The van der Waals surface area contributed by atoms with Gasteiger partial charge in [0.05, 0.1) is 5.56 Å². The smallest absolute Gasteiger partial charge is 0.387 e. The van der Waals surface area contributed by atoms with Crippen LogP contribution in [0.5, 0.6) is 5.75 Å². The van der Waals surface area contributed by atoms with E-state index in [1.54, 1.807) is 0 Å². The fourth-order valence-electron chi connectivity index (χ4n) is 0.844. The van der Waals surface area contributed by atoms with Crippen molar-refractivity contribution in [2.75, 3.05) is 0 Å². The van der Waals surface area contributed by atoms with E-state index < -0.39 is 18.2 Å². The van der Waals surface area contributed by atoms with Crippen LogP contribution in [-0.4, -0.2) is 12.9 Å². The Morgan fingerprint density at radius 2 is 2.07 bits per heavy atom. The molecule has 0 amide bonds. The van der Waals surface area contributed by atoms with Crippen LogP contribution in [0.2, 0.25) is 0 Å². The molecule has 0 N–H and O–H groups in total. The lowest BCUT2D eigenvalue weighted by Crippen LogP contribution is -2.05. The third-order valence-electron chi connectivity index (χ3n) is 1.43. The van der Waals surface area contributed by atoms with Crippen LogP contribution < -0.4 is 4.74 Å². The molecule has 14 heavy (non-hydrogen) atoms. The van der Waals surface area contributed by atoms with E-state index in [1.165, 1.54) is 6.07 Å². The minimum Gasteiger partial charge on any atom is -0.432 e. The standard InChI is InChI=1S/C8H4BrF3O2/c9-5-1-2-6(14-8(11)12)7(10)4(5)3-13/h1-3,8H. The highest BCUT2D eigenvalue weighted by Gasteiger charge is 2.15. The first kappa shape index (κ1) is 11.0. The molecule has 76 valence electrons. The Morgan fingerprint density at radius 1 is 1.43 bits per heavy atom. The molecular weight excluding hydrogens is 265 g/mol. The van der Waals surface area contributed by atoms with Crippen molar-refractivity contribution in [3.8, 4) is 5.75 Å². The normalized spacial score (nSPS) is 10.4. The van der Waals surface area contributed by atoms with Crippen molar-refractivity contribution in [1.82, 2.24) is 0 Å². The van der Waals surface area contributed by atoms with Crippen molar-refractivity contribution in [2.24, 2.45) is 0 Å². The maximum absolute atomic E-state index is 13.2. The van der Waals surface area contributed by atoms with Crippen molar-refractivity contribution in [3.63, 3.8) is 0 Å². The molecule has 0 unspecified atom stereocenters. The van der Waals surface area contributed by atoms with Gasteiger partial charge in [0.25, 0.3) is 0 Å². The van der Waals surface area contributed by atoms with Crippen LogP contribution in [0.3, 0.4) is 0 Å². The van der Waals surface area contributed by atoms with E-state index in [4.69, 9.17) is 0 Å².